The summed E-state index contributed by atoms with van der Waals surface area (Å²) in [6, 6.07) is 14.3. The summed E-state index contributed by atoms with van der Waals surface area (Å²) in [7, 11) is 1.59. The van der Waals surface area contributed by atoms with Crippen molar-refractivity contribution in [3.8, 4) is 5.75 Å². The molecule has 0 fully saturated rings. The van der Waals surface area contributed by atoms with Crippen LogP contribution in [0.4, 0.5) is 0 Å². The number of rotatable bonds is 4. The second kappa shape index (κ2) is 6.11. The van der Waals surface area contributed by atoms with E-state index in [2.05, 4.69) is 0 Å². The Morgan fingerprint density at radius 3 is 2.42 bits per heavy atom. The van der Waals surface area contributed by atoms with Crippen molar-refractivity contribution < 1.29 is 13.2 Å². The van der Waals surface area contributed by atoms with Crippen molar-refractivity contribution >= 4 is 42.3 Å². The maximum Gasteiger partial charge on any atom is 0.261 e. The van der Waals surface area contributed by atoms with Gasteiger partial charge in [-0.05, 0) is 40.3 Å². The van der Waals surface area contributed by atoms with Crippen LogP contribution in [0.1, 0.15) is 5.56 Å². The predicted molar refractivity (Wildman–Crippen MR) is 83.0 cm³/mol. The van der Waals surface area contributed by atoms with E-state index in [1.165, 1.54) is 12.1 Å². The van der Waals surface area contributed by atoms with Crippen molar-refractivity contribution in [3.05, 3.63) is 57.7 Å². The average molecular weight is 409 g/mol. The predicted octanol–water partition coefficient (Wildman–Crippen LogP) is 3.80. The fourth-order valence-corrected chi connectivity index (χ4v) is 3.15. The van der Waals surface area contributed by atoms with Gasteiger partial charge in [-0.1, -0.05) is 30.3 Å². The number of ether oxygens (including phenoxy) is 1. The molecule has 0 bridgehead atoms. The third-order valence-corrected chi connectivity index (χ3v) is 4.33. The Bertz CT molecular complexity index is 672. The van der Waals surface area contributed by atoms with E-state index >= 15 is 0 Å². The second-order valence-corrected chi connectivity index (χ2v) is 7.65. The molecule has 2 aromatic rings. The van der Waals surface area contributed by atoms with Gasteiger partial charge in [0.05, 0.1) is 4.90 Å². The highest BCUT2D eigenvalue weighted by atomic mass is 127. The zero-order valence-corrected chi connectivity index (χ0v) is 13.4. The molecule has 3 nitrogen and oxygen atoms in total. The Hall–Kier alpha value is -0.790. The highest BCUT2D eigenvalue weighted by Crippen LogP contribution is 2.25. The van der Waals surface area contributed by atoms with Crippen molar-refractivity contribution in [1.82, 2.24) is 0 Å². The Balaban J connectivity index is 2.19. The molecule has 6 heteroatoms. The van der Waals surface area contributed by atoms with Gasteiger partial charge in [0.15, 0.2) is 0 Å². The summed E-state index contributed by atoms with van der Waals surface area (Å²) < 4.78 is 29.0. The van der Waals surface area contributed by atoms with Crippen LogP contribution in [0.3, 0.4) is 0 Å². The third-order valence-electron chi connectivity index (χ3n) is 2.37. The largest absolute Gasteiger partial charge is 0.489 e. The summed E-state index contributed by atoms with van der Waals surface area (Å²) in [4.78, 5) is 0.0455. The maximum absolute atomic E-state index is 11.3. The molecule has 0 amide bonds. The topological polar surface area (TPSA) is 43.4 Å². The van der Waals surface area contributed by atoms with Crippen LogP contribution >= 0.6 is 33.3 Å². The molecular weight excluding hydrogens is 399 g/mol. The summed E-state index contributed by atoms with van der Waals surface area (Å²) in [5.41, 5.74) is 1.01. The lowest BCUT2D eigenvalue weighted by Gasteiger charge is -2.08. The second-order valence-electron chi connectivity index (χ2n) is 3.83. The molecule has 2 rings (SSSR count). The quantitative estimate of drug-likeness (QED) is 0.571. The normalized spacial score (nSPS) is 11.3. The van der Waals surface area contributed by atoms with Crippen molar-refractivity contribution in [1.29, 1.82) is 0 Å². The Kier molecular flexibility index (Phi) is 4.70. The van der Waals surface area contributed by atoms with Crippen LogP contribution in [-0.2, 0) is 15.7 Å². The minimum Gasteiger partial charge on any atom is -0.489 e. The molecule has 0 saturated carbocycles. The lowest BCUT2D eigenvalue weighted by atomic mass is 10.2. The summed E-state index contributed by atoms with van der Waals surface area (Å²) in [6.07, 6.45) is 0. The van der Waals surface area contributed by atoms with Crippen LogP contribution < -0.4 is 4.74 Å². The van der Waals surface area contributed by atoms with Gasteiger partial charge in [-0.25, -0.2) is 8.42 Å². The van der Waals surface area contributed by atoms with Crippen LogP contribution in [0.5, 0.6) is 5.75 Å². The number of benzene rings is 2. The Labute approximate surface area is 130 Å². The molecule has 0 spiro atoms. The monoisotopic (exact) mass is 408 g/mol. The highest BCUT2D eigenvalue weighted by molar-refractivity contribution is 14.1. The zero-order chi connectivity index (χ0) is 13.9. The van der Waals surface area contributed by atoms with Crippen molar-refractivity contribution in [2.75, 3.05) is 0 Å². The van der Waals surface area contributed by atoms with Gasteiger partial charge in [-0.15, -0.1) is 0 Å². The first-order valence-electron chi connectivity index (χ1n) is 5.37. The number of hydrogen-bond donors (Lipinski definition) is 0. The lowest BCUT2D eigenvalue weighted by molar-refractivity contribution is 0.305. The van der Waals surface area contributed by atoms with Crippen LogP contribution in [0.15, 0.2) is 53.4 Å². The third kappa shape index (κ3) is 4.36. The van der Waals surface area contributed by atoms with Crippen LogP contribution in [0.2, 0.25) is 0 Å². The maximum atomic E-state index is 11.3. The van der Waals surface area contributed by atoms with Crippen LogP contribution in [-0.4, -0.2) is 8.42 Å². The van der Waals surface area contributed by atoms with E-state index in [1.54, 1.807) is 6.07 Å². The molecule has 100 valence electrons. The molecule has 0 aromatic heterocycles. The van der Waals surface area contributed by atoms with Gasteiger partial charge in [-0.2, -0.15) is 0 Å². The highest BCUT2D eigenvalue weighted by Gasteiger charge is 2.12. The fraction of sp³-hybridized carbons (Fsp3) is 0.0769. The molecule has 0 saturated heterocycles. The van der Waals surface area contributed by atoms with E-state index in [9.17, 15) is 8.42 Å². The first-order valence-corrected chi connectivity index (χ1v) is 8.76. The van der Waals surface area contributed by atoms with Crippen LogP contribution in [0.25, 0.3) is 0 Å². The minimum atomic E-state index is -3.74. The zero-order valence-electron chi connectivity index (χ0n) is 9.71. The van der Waals surface area contributed by atoms with Gasteiger partial charge >= 0.3 is 0 Å². The first kappa shape index (κ1) is 14.6. The van der Waals surface area contributed by atoms with Crippen molar-refractivity contribution in [3.63, 3.8) is 0 Å². The fourth-order valence-electron chi connectivity index (χ4n) is 1.50. The minimum absolute atomic E-state index is 0.0455. The van der Waals surface area contributed by atoms with Gasteiger partial charge in [0.2, 0.25) is 0 Å². The van der Waals surface area contributed by atoms with E-state index in [0.29, 0.717) is 12.4 Å². The molecule has 0 radical (unpaired) electrons. The van der Waals surface area contributed by atoms with Gasteiger partial charge < -0.3 is 4.74 Å². The number of hydrogen-bond acceptors (Lipinski definition) is 3. The van der Waals surface area contributed by atoms with Gasteiger partial charge in [-0.3, -0.25) is 0 Å². The molecule has 0 heterocycles. The van der Waals surface area contributed by atoms with E-state index in [0.717, 1.165) is 9.13 Å². The smallest absolute Gasteiger partial charge is 0.261 e. The summed E-state index contributed by atoms with van der Waals surface area (Å²) in [5, 5.41) is 0. The van der Waals surface area contributed by atoms with Crippen molar-refractivity contribution in [2.45, 2.75) is 11.5 Å². The molecule has 0 aliphatic rings. The summed E-state index contributed by atoms with van der Waals surface area (Å²) in [6.45, 7) is 0.378. The van der Waals surface area contributed by atoms with E-state index in [-0.39, 0.29) is 4.90 Å². The molecule has 0 atom stereocenters. The average Bonchev–Trinajstić information content (AvgIpc) is 2.36. The van der Waals surface area contributed by atoms with E-state index < -0.39 is 9.05 Å². The van der Waals surface area contributed by atoms with Crippen molar-refractivity contribution in [2.24, 2.45) is 0 Å². The molecule has 0 aliphatic carbocycles. The molecule has 0 N–H and O–H groups in total. The Morgan fingerprint density at radius 2 is 1.79 bits per heavy atom. The first-order chi connectivity index (χ1) is 8.95. The lowest BCUT2D eigenvalue weighted by Crippen LogP contribution is -1.98. The van der Waals surface area contributed by atoms with Gasteiger partial charge in [0.1, 0.15) is 12.4 Å². The molecule has 0 unspecified atom stereocenters. The SMILES string of the molecule is O=S(=O)(Cl)c1cc(I)cc(OCc2ccccc2)c1. The van der Waals surface area contributed by atoms with Gasteiger partial charge in [0.25, 0.3) is 9.05 Å². The molecular formula is C13H10ClIO3S. The Morgan fingerprint density at radius 1 is 1.11 bits per heavy atom. The number of halogens is 2. The molecule has 0 aliphatic heterocycles. The van der Waals surface area contributed by atoms with Crippen LogP contribution in [0, 0.1) is 3.57 Å². The van der Waals surface area contributed by atoms with Gasteiger partial charge in [0, 0.05) is 20.3 Å². The standard InChI is InChI=1S/C13H10ClIO3S/c14-19(16,17)13-7-11(15)6-12(8-13)18-9-10-4-2-1-3-5-10/h1-8H,9H2. The van der Waals surface area contributed by atoms with E-state index in [1.807, 2.05) is 52.9 Å². The molecule has 19 heavy (non-hydrogen) atoms. The molecule has 2 aromatic carbocycles. The van der Waals surface area contributed by atoms with E-state index in [4.69, 9.17) is 15.4 Å². The summed E-state index contributed by atoms with van der Waals surface area (Å²) in [5.74, 6) is 0.481. The summed E-state index contributed by atoms with van der Waals surface area (Å²) >= 11 is 2.02.